The number of nitrogens with zero attached hydrogens (tertiary/aromatic N) is 2. The third kappa shape index (κ3) is 4.73. The number of aliphatic hydroxyl groups is 1. The van der Waals surface area contributed by atoms with Crippen LogP contribution in [0, 0.1) is 5.82 Å². The zero-order chi connectivity index (χ0) is 22.7. The van der Waals surface area contributed by atoms with Gasteiger partial charge in [-0.05, 0) is 63.0 Å². The molecule has 0 saturated carbocycles. The van der Waals surface area contributed by atoms with E-state index in [-0.39, 0.29) is 28.5 Å². The van der Waals surface area contributed by atoms with Crippen molar-refractivity contribution in [1.82, 2.24) is 9.80 Å². The number of likely N-dealkylation sites (tertiary alicyclic amines) is 1. The minimum Gasteiger partial charge on any atom is -0.507 e. The van der Waals surface area contributed by atoms with Crippen molar-refractivity contribution in [2.45, 2.75) is 12.5 Å². The highest BCUT2D eigenvalue weighted by Crippen LogP contribution is 2.40. The molecule has 2 aromatic rings. The Balaban J connectivity index is 2.11. The van der Waals surface area contributed by atoms with Gasteiger partial charge in [-0.2, -0.15) is 0 Å². The van der Waals surface area contributed by atoms with E-state index < -0.39 is 23.5 Å². The first kappa shape index (κ1) is 22.8. The van der Waals surface area contributed by atoms with E-state index in [1.165, 1.54) is 36.3 Å². The molecule has 6 nitrogen and oxygen atoms in total. The monoisotopic (exact) mass is 446 g/mol. The van der Waals surface area contributed by atoms with Crippen LogP contribution in [0.25, 0.3) is 5.76 Å². The summed E-state index contributed by atoms with van der Waals surface area (Å²) < 4.78 is 19.1. The summed E-state index contributed by atoms with van der Waals surface area (Å²) in [6, 6.07) is 9.34. The van der Waals surface area contributed by atoms with Crippen LogP contribution in [0.5, 0.6) is 5.75 Å². The Morgan fingerprint density at radius 2 is 1.97 bits per heavy atom. The van der Waals surface area contributed by atoms with E-state index >= 15 is 0 Å². The van der Waals surface area contributed by atoms with Crippen molar-refractivity contribution in [3.8, 4) is 5.75 Å². The van der Waals surface area contributed by atoms with Crippen LogP contribution in [0.15, 0.2) is 48.0 Å². The summed E-state index contributed by atoms with van der Waals surface area (Å²) in [4.78, 5) is 29.1. The lowest BCUT2D eigenvalue weighted by molar-refractivity contribution is -0.139. The lowest BCUT2D eigenvalue weighted by Crippen LogP contribution is -2.32. The number of carbonyl (C=O) groups is 2. The van der Waals surface area contributed by atoms with Gasteiger partial charge in [0, 0.05) is 12.1 Å². The summed E-state index contributed by atoms with van der Waals surface area (Å²) in [5, 5.41) is 11.3. The molecule has 0 spiro atoms. The fourth-order valence-corrected chi connectivity index (χ4v) is 3.92. The molecule has 1 N–H and O–H groups in total. The molecule has 1 amide bonds. The molecule has 3 rings (SSSR count). The minimum absolute atomic E-state index is 0.0957. The van der Waals surface area contributed by atoms with E-state index in [1.807, 2.05) is 19.0 Å². The predicted molar refractivity (Wildman–Crippen MR) is 117 cm³/mol. The Hall–Kier alpha value is -2.90. The van der Waals surface area contributed by atoms with Crippen LogP contribution >= 0.6 is 11.6 Å². The molecule has 0 aromatic heterocycles. The molecule has 1 saturated heterocycles. The zero-order valence-corrected chi connectivity index (χ0v) is 18.3. The molecule has 164 valence electrons. The molecule has 2 aromatic carbocycles. The van der Waals surface area contributed by atoms with E-state index in [2.05, 4.69) is 0 Å². The molecule has 1 fully saturated rings. The number of benzene rings is 2. The predicted octanol–water partition coefficient (Wildman–Crippen LogP) is 3.86. The Labute approximate surface area is 185 Å². The van der Waals surface area contributed by atoms with Crippen LogP contribution in [0.3, 0.4) is 0 Å². The summed E-state index contributed by atoms with van der Waals surface area (Å²) in [5.74, 6) is -2.00. The molecule has 1 heterocycles. The van der Waals surface area contributed by atoms with Gasteiger partial charge >= 0.3 is 0 Å². The highest BCUT2D eigenvalue weighted by atomic mass is 35.5. The van der Waals surface area contributed by atoms with Crippen molar-refractivity contribution < 1.29 is 23.8 Å². The number of halogens is 2. The lowest BCUT2D eigenvalue weighted by atomic mass is 9.95. The van der Waals surface area contributed by atoms with E-state index in [0.717, 1.165) is 0 Å². The Morgan fingerprint density at radius 3 is 2.58 bits per heavy atom. The molecule has 8 heteroatoms. The van der Waals surface area contributed by atoms with Gasteiger partial charge in [0.25, 0.3) is 11.7 Å². The van der Waals surface area contributed by atoms with Crippen LogP contribution in [0.1, 0.15) is 23.6 Å². The lowest BCUT2D eigenvalue weighted by Gasteiger charge is -2.26. The first-order valence-corrected chi connectivity index (χ1v) is 10.1. The number of Topliss-reactive ketones (excluding diaryl/α,β-unsaturated/α-hetero) is 1. The summed E-state index contributed by atoms with van der Waals surface area (Å²) >= 11 is 6.17. The SMILES string of the molecule is COc1ccc(/C(O)=C2\C(=O)C(=O)N(CCCN(C)C)[C@@H]2c2cccc(F)c2)cc1Cl. The van der Waals surface area contributed by atoms with Crippen molar-refractivity contribution in [2.24, 2.45) is 0 Å². The molecule has 0 aliphatic carbocycles. The smallest absolute Gasteiger partial charge is 0.295 e. The molecule has 1 atom stereocenters. The maximum atomic E-state index is 14.0. The first-order chi connectivity index (χ1) is 14.7. The normalized spacial score (nSPS) is 18.1. The number of rotatable bonds is 7. The molecular formula is C23H24ClFN2O4. The molecule has 0 unspecified atom stereocenters. The minimum atomic E-state index is -0.904. The van der Waals surface area contributed by atoms with Crippen LogP contribution in [-0.2, 0) is 9.59 Å². The average Bonchev–Trinajstić information content (AvgIpc) is 2.98. The molecular weight excluding hydrogens is 423 g/mol. The molecule has 1 aliphatic rings. The van der Waals surface area contributed by atoms with E-state index in [4.69, 9.17) is 16.3 Å². The van der Waals surface area contributed by atoms with Crippen LogP contribution in [-0.4, -0.2) is 60.9 Å². The van der Waals surface area contributed by atoms with Gasteiger partial charge in [0.1, 0.15) is 17.3 Å². The number of methoxy groups -OCH3 is 1. The Morgan fingerprint density at radius 1 is 1.23 bits per heavy atom. The van der Waals surface area contributed by atoms with Crippen molar-refractivity contribution in [3.05, 3.63) is 70.0 Å². The largest absolute Gasteiger partial charge is 0.507 e. The van der Waals surface area contributed by atoms with Crippen LogP contribution < -0.4 is 4.74 Å². The van der Waals surface area contributed by atoms with Crippen LogP contribution in [0.2, 0.25) is 5.02 Å². The molecule has 1 aliphatic heterocycles. The van der Waals surface area contributed by atoms with Crippen molar-refractivity contribution in [1.29, 1.82) is 0 Å². The van der Waals surface area contributed by atoms with Gasteiger partial charge in [0.2, 0.25) is 0 Å². The van der Waals surface area contributed by atoms with Crippen LogP contribution in [0.4, 0.5) is 4.39 Å². The summed E-state index contributed by atoms with van der Waals surface area (Å²) in [6.45, 7) is 0.983. The second kappa shape index (κ2) is 9.49. The Kier molecular flexibility index (Phi) is 6.97. The molecule has 0 radical (unpaired) electrons. The summed E-state index contributed by atoms with van der Waals surface area (Å²) in [6.07, 6.45) is 0.611. The van der Waals surface area contributed by atoms with Gasteiger partial charge in [-0.25, -0.2) is 4.39 Å². The fourth-order valence-electron chi connectivity index (χ4n) is 3.66. The fraction of sp³-hybridized carbons (Fsp3) is 0.304. The molecule has 31 heavy (non-hydrogen) atoms. The highest BCUT2D eigenvalue weighted by Gasteiger charge is 2.45. The van der Waals surface area contributed by atoms with Crippen molar-refractivity contribution >= 4 is 29.1 Å². The third-order valence-corrected chi connectivity index (χ3v) is 5.43. The summed E-state index contributed by atoms with van der Waals surface area (Å²) in [7, 11) is 5.28. The molecule has 0 bridgehead atoms. The van der Waals surface area contributed by atoms with E-state index in [0.29, 0.717) is 24.3 Å². The van der Waals surface area contributed by atoms with Gasteiger partial charge in [-0.1, -0.05) is 23.7 Å². The van der Waals surface area contributed by atoms with Gasteiger partial charge in [0.05, 0.1) is 23.7 Å². The number of hydrogen-bond donors (Lipinski definition) is 1. The topological polar surface area (TPSA) is 70.1 Å². The number of aliphatic hydroxyl groups excluding tert-OH is 1. The second-order valence-corrected chi connectivity index (χ2v) is 7.96. The maximum Gasteiger partial charge on any atom is 0.295 e. The standard InChI is InChI=1S/C23H24ClFN2O4/c1-26(2)10-5-11-27-20(14-6-4-7-16(25)12-14)19(22(29)23(27)30)21(28)15-8-9-18(31-3)17(24)13-15/h4,6-9,12-13,20,28H,5,10-11H2,1-3H3/b21-19+/t20-/m1/s1. The number of carbonyl (C=O) groups excluding carboxylic acids is 2. The van der Waals surface area contributed by atoms with E-state index in [1.54, 1.807) is 18.2 Å². The third-order valence-electron chi connectivity index (χ3n) is 5.13. The maximum absolute atomic E-state index is 14.0. The average molecular weight is 447 g/mol. The van der Waals surface area contributed by atoms with Gasteiger partial charge in [-0.15, -0.1) is 0 Å². The quantitative estimate of drug-likeness (QED) is 0.397. The zero-order valence-electron chi connectivity index (χ0n) is 17.6. The second-order valence-electron chi connectivity index (χ2n) is 7.55. The highest BCUT2D eigenvalue weighted by molar-refractivity contribution is 6.46. The van der Waals surface area contributed by atoms with Gasteiger partial charge in [-0.3, -0.25) is 9.59 Å². The number of ether oxygens (including phenoxy) is 1. The van der Waals surface area contributed by atoms with Crippen molar-refractivity contribution in [2.75, 3.05) is 34.3 Å². The number of ketones is 1. The van der Waals surface area contributed by atoms with Gasteiger partial charge < -0.3 is 19.6 Å². The van der Waals surface area contributed by atoms with E-state index in [9.17, 15) is 19.1 Å². The Bertz CT molecular complexity index is 1040. The summed E-state index contributed by atoms with van der Waals surface area (Å²) in [5.41, 5.74) is 0.574. The number of hydrogen-bond acceptors (Lipinski definition) is 5. The van der Waals surface area contributed by atoms with Gasteiger partial charge in [0.15, 0.2) is 0 Å². The number of amides is 1. The first-order valence-electron chi connectivity index (χ1n) is 9.77. The van der Waals surface area contributed by atoms with Crippen molar-refractivity contribution in [3.63, 3.8) is 0 Å².